The van der Waals surface area contributed by atoms with E-state index >= 15 is 0 Å². The molecule has 2 fully saturated rings. The van der Waals surface area contributed by atoms with Crippen molar-refractivity contribution in [1.29, 1.82) is 0 Å². The van der Waals surface area contributed by atoms with Gasteiger partial charge in [-0.1, -0.05) is 30.3 Å². The number of carbonyl (C=O) groups is 1. The van der Waals surface area contributed by atoms with Gasteiger partial charge in [-0.05, 0) is 37.2 Å². The quantitative estimate of drug-likeness (QED) is 0.800. The van der Waals surface area contributed by atoms with E-state index in [9.17, 15) is 4.79 Å². The van der Waals surface area contributed by atoms with Gasteiger partial charge >= 0.3 is 0 Å². The van der Waals surface area contributed by atoms with Crippen LogP contribution >= 0.6 is 0 Å². The number of aromatic nitrogens is 2. The maximum absolute atomic E-state index is 12.9. The van der Waals surface area contributed by atoms with Crippen LogP contribution in [0.25, 0.3) is 0 Å². The molecule has 1 amide bonds. The van der Waals surface area contributed by atoms with Gasteiger partial charge in [-0.2, -0.15) is 0 Å². The minimum Gasteiger partial charge on any atom is -0.367 e. The number of ether oxygens (including phenoxy) is 1. The zero-order valence-corrected chi connectivity index (χ0v) is 15.4. The first kappa shape index (κ1) is 17.3. The van der Waals surface area contributed by atoms with E-state index in [0.717, 1.165) is 44.0 Å². The number of likely N-dealkylation sites (tertiary alicyclic amines) is 1. The molecule has 2 aliphatic rings. The summed E-state index contributed by atoms with van der Waals surface area (Å²) >= 11 is 0. The fourth-order valence-corrected chi connectivity index (χ4v) is 3.94. The highest BCUT2D eigenvalue weighted by Crippen LogP contribution is 2.34. The van der Waals surface area contributed by atoms with E-state index in [2.05, 4.69) is 15.7 Å². The van der Waals surface area contributed by atoms with Crippen molar-refractivity contribution in [2.45, 2.75) is 44.2 Å². The van der Waals surface area contributed by atoms with E-state index in [1.165, 1.54) is 18.7 Å². The van der Waals surface area contributed by atoms with Gasteiger partial charge < -0.3 is 14.2 Å². The van der Waals surface area contributed by atoms with Crippen LogP contribution in [0.15, 0.2) is 42.7 Å². The van der Waals surface area contributed by atoms with Crippen molar-refractivity contribution in [2.24, 2.45) is 5.92 Å². The molecule has 26 heavy (non-hydrogen) atoms. The van der Waals surface area contributed by atoms with Crippen molar-refractivity contribution < 1.29 is 9.53 Å². The van der Waals surface area contributed by atoms with Gasteiger partial charge in [0, 0.05) is 45.1 Å². The topological polar surface area (TPSA) is 47.4 Å². The fraction of sp³-hybridized carbons (Fsp3) is 0.524. The normalized spacial score (nSPS) is 19.5. The fourth-order valence-electron chi connectivity index (χ4n) is 3.94. The van der Waals surface area contributed by atoms with Gasteiger partial charge in [0.2, 0.25) is 0 Å². The van der Waals surface area contributed by atoms with Gasteiger partial charge in [0.05, 0.1) is 0 Å². The number of carbonyl (C=O) groups excluding carboxylic acids is 1. The van der Waals surface area contributed by atoms with Crippen molar-refractivity contribution in [3.8, 4) is 0 Å². The largest absolute Gasteiger partial charge is 0.367 e. The molecule has 0 bridgehead atoms. The Morgan fingerprint density at radius 1 is 1.19 bits per heavy atom. The number of piperidine rings is 1. The van der Waals surface area contributed by atoms with Gasteiger partial charge in [-0.25, -0.2) is 4.98 Å². The molecule has 138 valence electrons. The molecule has 5 nitrogen and oxygen atoms in total. The lowest BCUT2D eigenvalue weighted by Gasteiger charge is -2.34. The predicted molar refractivity (Wildman–Crippen MR) is 99.7 cm³/mol. The second-order valence-electron chi connectivity index (χ2n) is 7.51. The molecule has 1 saturated heterocycles. The molecule has 1 atom stereocenters. The Kier molecular flexibility index (Phi) is 5.07. The zero-order valence-electron chi connectivity index (χ0n) is 15.4. The van der Waals surface area contributed by atoms with E-state index in [1.807, 2.05) is 41.4 Å². The lowest BCUT2D eigenvalue weighted by atomic mass is 9.95. The van der Waals surface area contributed by atoms with Crippen LogP contribution in [0, 0.1) is 5.92 Å². The number of nitrogens with zero attached hydrogens (tertiary/aromatic N) is 3. The first-order valence-corrected chi connectivity index (χ1v) is 9.64. The molecule has 1 aliphatic carbocycles. The molecule has 0 N–H and O–H groups in total. The maximum atomic E-state index is 12.9. The monoisotopic (exact) mass is 353 g/mol. The Morgan fingerprint density at radius 3 is 2.58 bits per heavy atom. The third kappa shape index (κ3) is 3.68. The molecule has 4 rings (SSSR count). The first-order valence-electron chi connectivity index (χ1n) is 9.64. The summed E-state index contributed by atoms with van der Waals surface area (Å²) in [6.07, 6.45) is 8.17. The molecular weight excluding hydrogens is 326 g/mol. The highest BCUT2D eigenvalue weighted by Gasteiger charge is 2.31. The van der Waals surface area contributed by atoms with Crippen LogP contribution in [0.5, 0.6) is 0 Å². The molecule has 1 aromatic carbocycles. The van der Waals surface area contributed by atoms with Crippen LogP contribution in [0.4, 0.5) is 0 Å². The molecule has 5 heteroatoms. The summed E-state index contributed by atoms with van der Waals surface area (Å²) in [6, 6.07) is 9.75. The molecule has 2 aromatic rings. The van der Waals surface area contributed by atoms with Gasteiger partial charge in [0.1, 0.15) is 5.82 Å². The van der Waals surface area contributed by atoms with Crippen molar-refractivity contribution >= 4 is 5.91 Å². The number of hydrogen-bond donors (Lipinski definition) is 0. The van der Waals surface area contributed by atoms with E-state index in [-0.39, 0.29) is 5.91 Å². The summed E-state index contributed by atoms with van der Waals surface area (Å²) in [5.41, 5.74) is 0.919. The first-order chi connectivity index (χ1) is 12.8. The van der Waals surface area contributed by atoms with Gasteiger partial charge in [0.25, 0.3) is 5.91 Å². The number of hydrogen-bond acceptors (Lipinski definition) is 3. The Labute approximate surface area is 155 Å². The number of methoxy groups -OCH3 is 1. The van der Waals surface area contributed by atoms with E-state index in [1.54, 1.807) is 7.11 Å². The van der Waals surface area contributed by atoms with Crippen LogP contribution in [0.2, 0.25) is 0 Å². The summed E-state index contributed by atoms with van der Waals surface area (Å²) in [5, 5.41) is 0. The Morgan fingerprint density at radius 2 is 1.92 bits per heavy atom. The molecular formula is C21H27N3O2. The second kappa shape index (κ2) is 7.62. The Bertz CT molecular complexity index is 731. The Balaban J connectivity index is 1.38. The van der Waals surface area contributed by atoms with Crippen molar-refractivity contribution in [3.05, 3.63) is 54.1 Å². The average Bonchev–Trinajstić information content (AvgIpc) is 3.38. The maximum Gasteiger partial charge on any atom is 0.256 e. The van der Waals surface area contributed by atoms with E-state index in [0.29, 0.717) is 5.92 Å². The van der Waals surface area contributed by atoms with Crippen LogP contribution in [0.1, 0.15) is 49.1 Å². The summed E-state index contributed by atoms with van der Waals surface area (Å²) in [6.45, 7) is 2.65. The predicted octanol–water partition coefficient (Wildman–Crippen LogP) is 3.39. The van der Waals surface area contributed by atoms with Crippen molar-refractivity contribution in [3.63, 3.8) is 0 Å². The highest BCUT2D eigenvalue weighted by molar-refractivity contribution is 5.82. The van der Waals surface area contributed by atoms with E-state index < -0.39 is 6.10 Å². The standard InChI is InChI=1S/C21H27N3O2/c1-26-19(17-5-3-2-4-6-17)21(25)23-12-9-18(10-13-23)20-22-11-14-24(20)15-16-7-8-16/h2-6,11,14,16,18-19H,7-10,12-13,15H2,1H3/t19-/m1/s1. The highest BCUT2D eigenvalue weighted by atomic mass is 16.5. The zero-order chi connectivity index (χ0) is 17.9. The molecule has 1 aliphatic heterocycles. The molecule has 0 radical (unpaired) electrons. The summed E-state index contributed by atoms with van der Waals surface area (Å²) < 4.78 is 7.85. The SMILES string of the molecule is CO[C@@H](C(=O)N1CCC(c2nccn2CC2CC2)CC1)c1ccccc1. The van der Waals surface area contributed by atoms with E-state index in [4.69, 9.17) is 4.74 Å². The second-order valence-corrected chi connectivity index (χ2v) is 7.51. The third-order valence-electron chi connectivity index (χ3n) is 5.63. The Hall–Kier alpha value is -2.14. The van der Waals surface area contributed by atoms with Crippen LogP contribution in [0.3, 0.4) is 0 Å². The summed E-state index contributed by atoms with van der Waals surface area (Å²) in [4.78, 5) is 19.5. The molecule has 1 aromatic heterocycles. The van der Waals surface area contributed by atoms with Crippen LogP contribution in [-0.4, -0.2) is 40.6 Å². The van der Waals surface area contributed by atoms with Gasteiger partial charge in [-0.3, -0.25) is 4.79 Å². The lowest BCUT2D eigenvalue weighted by molar-refractivity contribution is -0.143. The molecule has 2 heterocycles. The van der Waals surface area contributed by atoms with Crippen LogP contribution in [-0.2, 0) is 16.1 Å². The number of benzene rings is 1. The molecule has 1 saturated carbocycles. The van der Waals surface area contributed by atoms with Gasteiger partial charge in [-0.15, -0.1) is 0 Å². The van der Waals surface area contributed by atoms with Crippen molar-refractivity contribution in [2.75, 3.05) is 20.2 Å². The lowest BCUT2D eigenvalue weighted by Crippen LogP contribution is -2.41. The summed E-state index contributed by atoms with van der Waals surface area (Å²) in [7, 11) is 1.61. The minimum absolute atomic E-state index is 0.0680. The molecule has 0 unspecified atom stereocenters. The van der Waals surface area contributed by atoms with Crippen molar-refractivity contribution in [1.82, 2.24) is 14.5 Å². The minimum atomic E-state index is -0.510. The molecule has 0 spiro atoms. The van der Waals surface area contributed by atoms with Crippen LogP contribution < -0.4 is 0 Å². The third-order valence-corrected chi connectivity index (χ3v) is 5.63. The number of amides is 1. The number of rotatable bonds is 6. The average molecular weight is 353 g/mol. The van der Waals surface area contributed by atoms with Gasteiger partial charge in [0.15, 0.2) is 6.10 Å². The number of imidazole rings is 1. The summed E-state index contributed by atoms with van der Waals surface area (Å²) in [5.74, 6) is 2.57. The smallest absolute Gasteiger partial charge is 0.256 e.